The Morgan fingerprint density at radius 3 is 2.93 bits per heavy atom. The molecular formula is C8H6N4O2. The molecule has 0 aliphatic rings. The molecule has 0 saturated carbocycles. The molecule has 0 saturated heterocycles. The first-order valence-electron chi connectivity index (χ1n) is 3.83. The lowest BCUT2D eigenvalue weighted by atomic mass is 10.4. The van der Waals surface area contributed by atoms with Crippen molar-refractivity contribution in [2.24, 2.45) is 0 Å². The van der Waals surface area contributed by atoms with E-state index in [0.717, 1.165) is 0 Å². The highest BCUT2D eigenvalue weighted by Gasteiger charge is 2.12. The second-order valence-corrected chi connectivity index (χ2v) is 2.55. The van der Waals surface area contributed by atoms with Gasteiger partial charge in [-0.2, -0.15) is 0 Å². The van der Waals surface area contributed by atoms with E-state index < -0.39 is 5.97 Å². The predicted molar refractivity (Wildman–Crippen MR) is 46.1 cm³/mol. The van der Waals surface area contributed by atoms with Crippen LogP contribution in [0.1, 0.15) is 10.5 Å². The number of carboxylic acids is 1. The van der Waals surface area contributed by atoms with Gasteiger partial charge in [-0.05, 0) is 12.1 Å². The maximum atomic E-state index is 10.7. The van der Waals surface area contributed by atoms with E-state index in [0.29, 0.717) is 5.69 Å². The molecule has 0 bridgehead atoms. The lowest BCUT2D eigenvalue weighted by Crippen LogP contribution is -2.07. The Balaban J connectivity index is 2.52. The van der Waals surface area contributed by atoms with Crippen LogP contribution in [0.3, 0.4) is 0 Å². The summed E-state index contributed by atoms with van der Waals surface area (Å²) in [7, 11) is 0. The van der Waals surface area contributed by atoms with Gasteiger partial charge in [0.1, 0.15) is 0 Å². The van der Waals surface area contributed by atoms with Crippen LogP contribution in [0.5, 0.6) is 0 Å². The standard InChI is InChI=1S/C8H6N4O2/c13-8(14)7-5-10-11-12(7)6-2-1-3-9-4-6/h1-5H,(H,13,14). The van der Waals surface area contributed by atoms with Crippen molar-refractivity contribution in [3.8, 4) is 5.69 Å². The van der Waals surface area contributed by atoms with Gasteiger partial charge in [0.05, 0.1) is 18.1 Å². The van der Waals surface area contributed by atoms with Crippen molar-refractivity contribution in [2.45, 2.75) is 0 Å². The minimum Gasteiger partial charge on any atom is -0.476 e. The molecular weight excluding hydrogens is 184 g/mol. The van der Waals surface area contributed by atoms with E-state index in [1.807, 2.05) is 0 Å². The number of nitrogens with zero attached hydrogens (tertiary/aromatic N) is 4. The van der Waals surface area contributed by atoms with Gasteiger partial charge in [0.25, 0.3) is 0 Å². The number of hydrogen-bond acceptors (Lipinski definition) is 4. The zero-order valence-corrected chi connectivity index (χ0v) is 7.03. The van der Waals surface area contributed by atoms with E-state index in [4.69, 9.17) is 5.11 Å². The van der Waals surface area contributed by atoms with E-state index in [1.165, 1.54) is 17.1 Å². The number of aromatic nitrogens is 4. The lowest BCUT2D eigenvalue weighted by molar-refractivity contribution is 0.0687. The summed E-state index contributed by atoms with van der Waals surface area (Å²) in [6, 6.07) is 3.40. The van der Waals surface area contributed by atoms with Gasteiger partial charge in [0.15, 0.2) is 5.69 Å². The van der Waals surface area contributed by atoms with E-state index in [2.05, 4.69) is 15.3 Å². The minimum atomic E-state index is -1.07. The van der Waals surface area contributed by atoms with E-state index in [9.17, 15) is 4.79 Å². The van der Waals surface area contributed by atoms with Gasteiger partial charge in [-0.1, -0.05) is 5.21 Å². The molecule has 1 N–H and O–H groups in total. The third-order valence-electron chi connectivity index (χ3n) is 1.66. The van der Waals surface area contributed by atoms with Gasteiger partial charge in [0, 0.05) is 6.20 Å². The fourth-order valence-corrected chi connectivity index (χ4v) is 1.05. The van der Waals surface area contributed by atoms with Crippen molar-refractivity contribution in [1.29, 1.82) is 0 Å². The fraction of sp³-hybridized carbons (Fsp3) is 0. The average molecular weight is 190 g/mol. The first-order valence-corrected chi connectivity index (χ1v) is 3.83. The Morgan fingerprint density at radius 2 is 2.29 bits per heavy atom. The molecule has 0 unspecified atom stereocenters. The Labute approximate surface area is 78.8 Å². The van der Waals surface area contributed by atoms with Gasteiger partial charge >= 0.3 is 5.97 Å². The lowest BCUT2D eigenvalue weighted by Gasteiger charge is -2.00. The smallest absolute Gasteiger partial charge is 0.356 e. The molecule has 0 amide bonds. The topological polar surface area (TPSA) is 80.9 Å². The van der Waals surface area contributed by atoms with Crippen LogP contribution >= 0.6 is 0 Å². The molecule has 2 heterocycles. The maximum Gasteiger partial charge on any atom is 0.356 e. The number of pyridine rings is 1. The molecule has 0 atom stereocenters. The van der Waals surface area contributed by atoms with Crippen molar-refractivity contribution in [3.63, 3.8) is 0 Å². The highest BCUT2D eigenvalue weighted by molar-refractivity contribution is 5.85. The molecule has 2 aromatic rings. The quantitative estimate of drug-likeness (QED) is 0.739. The molecule has 2 aromatic heterocycles. The van der Waals surface area contributed by atoms with Crippen molar-refractivity contribution in [1.82, 2.24) is 20.0 Å². The van der Waals surface area contributed by atoms with E-state index in [-0.39, 0.29) is 5.69 Å². The van der Waals surface area contributed by atoms with Gasteiger partial charge in [-0.15, -0.1) is 5.10 Å². The summed E-state index contributed by atoms with van der Waals surface area (Å²) < 4.78 is 1.22. The monoisotopic (exact) mass is 190 g/mol. The SMILES string of the molecule is O=C(O)c1cnnn1-c1cccnc1. The summed E-state index contributed by atoms with van der Waals surface area (Å²) in [5, 5.41) is 16.0. The maximum absolute atomic E-state index is 10.7. The number of aromatic carboxylic acids is 1. The van der Waals surface area contributed by atoms with Crippen molar-refractivity contribution in [2.75, 3.05) is 0 Å². The molecule has 6 heteroatoms. The molecule has 0 spiro atoms. The second-order valence-electron chi connectivity index (χ2n) is 2.55. The molecule has 0 aromatic carbocycles. The molecule has 2 rings (SSSR count). The Kier molecular flexibility index (Phi) is 1.94. The third kappa shape index (κ3) is 1.33. The predicted octanol–water partition coefficient (Wildman–Crippen LogP) is 0.360. The van der Waals surface area contributed by atoms with Gasteiger partial charge in [-0.25, -0.2) is 9.48 Å². The fourth-order valence-electron chi connectivity index (χ4n) is 1.05. The molecule has 6 nitrogen and oxygen atoms in total. The average Bonchev–Trinajstić information content (AvgIpc) is 2.67. The highest BCUT2D eigenvalue weighted by atomic mass is 16.4. The van der Waals surface area contributed by atoms with Crippen LogP contribution in [0.15, 0.2) is 30.7 Å². The van der Waals surface area contributed by atoms with Gasteiger partial charge in [0.2, 0.25) is 0 Å². The zero-order chi connectivity index (χ0) is 9.97. The first kappa shape index (κ1) is 8.36. The highest BCUT2D eigenvalue weighted by Crippen LogP contribution is 2.06. The van der Waals surface area contributed by atoms with Crippen LogP contribution in [0.25, 0.3) is 5.69 Å². The first-order chi connectivity index (χ1) is 6.79. The molecule has 0 radical (unpaired) electrons. The molecule has 0 fully saturated rings. The Bertz CT molecular complexity index is 451. The largest absolute Gasteiger partial charge is 0.476 e. The van der Waals surface area contributed by atoms with Gasteiger partial charge < -0.3 is 5.11 Å². The van der Waals surface area contributed by atoms with Crippen molar-refractivity contribution < 1.29 is 9.90 Å². The van der Waals surface area contributed by atoms with Crippen LogP contribution in [-0.4, -0.2) is 31.1 Å². The molecule has 0 aliphatic carbocycles. The normalized spacial score (nSPS) is 10.0. The van der Waals surface area contributed by atoms with Crippen LogP contribution in [0.2, 0.25) is 0 Å². The van der Waals surface area contributed by atoms with E-state index in [1.54, 1.807) is 18.3 Å². The van der Waals surface area contributed by atoms with Gasteiger partial charge in [-0.3, -0.25) is 4.98 Å². The number of carbonyl (C=O) groups is 1. The van der Waals surface area contributed by atoms with Crippen molar-refractivity contribution in [3.05, 3.63) is 36.4 Å². The summed E-state index contributed by atoms with van der Waals surface area (Å²) >= 11 is 0. The van der Waals surface area contributed by atoms with Crippen LogP contribution < -0.4 is 0 Å². The van der Waals surface area contributed by atoms with Crippen LogP contribution in [0.4, 0.5) is 0 Å². The number of rotatable bonds is 2. The third-order valence-corrected chi connectivity index (χ3v) is 1.66. The summed E-state index contributed by atoms with van der Waals surface area (Å²) in [6.45, 7) is 0. The van der Waals surface area contributed by atoms with E-state index >= 15 is 0 Å². The zero-order valence-electron chi connectivity index (χ0n) is 7.03. The van der Waals surface area contributed by atoms with Crippen LogP contribution in [-0.2, 0) is 0 Å². The second kappa shape index (κ2) is 3.25. The summed E-state index contributed by atoms with van der Waals surface area (Å²) in [5.41, 5.74) is 0.584. The summed E-state index contributed by atoms with van der Waals surface area (Å²) in [5.74, 6) is -1.07. The van der Waals surface area contributed by atoms with Crippen molar-refractivity contribution >= 4 is 5.97 Å². The molecule has 0 aliphatic heterocycles. The molecule has 14 heavy (non-hydrogen) atoms. The Hall–Kier alpha value is -2.24. The Morgan fingerprint density at radius 1 is 1.43 bits per heavy atom. The number of carboxylic acid groups (broad SMARTS) is 1. The molecule has 70 valence electrons. The summed E-state index contributed by atoms with van der Waals surface area (Å²) in [6.07, 6.45) is 4.30. The number of hydrogen-bond donors (Lipinski definition) is 1. The summed E-state index contributed by atoms with van der Waals surface area (Å²) in [4.78, 5) is 14.6. The minimum absolute atomic E-state index is 0.0120. The van der Waals surface area contributed by atoms with Crippen LogP contribution in [0, 0.1) is 0 Å².